The standard InChI is InChI=1S/C33H43N3O5S2/c1-8-30(32(38)34-33(4,5)6)35(22-25-12-10-11-24(3)21-25)31(37)23-36(26-13-15-27(16-14-26)41-9-2)43(39,40)29-19-17-28(42-7)18-20-29/h10-21,30H,8-9,22-23H2,1-7H3,(H,34,38)/t30-/m1/s1. The molecule has 0 unspecified atom stereocenters. The van der Waals surface area contributed by atoms with Crippen molar-refractivity contribution in [3.63, 3.8) is 0 Å². The summed E-state index contributed by atoms with van der Waals surface area (Å²) in [5.41, 5.74) is 1.67. The van der Waals surface area contributed by atoms with Gasteiger partial charge in [0.2, 0.25) is 11.8 Å². The number of hydrogen-bond acceptors (Lipinski definition) is 6. The molecule has 0 bridgehead atoms. The predicted molar refractivity (Wildman–Crippen MR) is 174 cm³/mol. The minimum absolute atomic E-state index is 0.0646. The third-order valence-corrected chi connectivity index (χ3v) is 9.21. The SMILES string of the molecule is CCOc1ccc(N(CC(=O)N(Cc2cccc(C)c2)[C@H](CC)C(=O)NC(C)(C)C)S(=O)(=O)c2ccc(SC)cc2)cc1. The van der Waals surface area contributed by atoms with Gasteiger partial charge in [-0.2, -0.15) is 0 Å². The highest BCUT2D eigenvalue weighted by molar-refractivity contribution is 7.98. The molecular formula is C33H43N3O5S2. The molecule has 3 aromatic rings. The summed E-state index contributed by atoms with van der Waals surface area (Å²) < 4.78 is 34.9. The Kier molecular flexibility index (Phi) is 11.7. The maximum atomic E-state index is 14.2. The van der Waals surface area contributed by atoms with Gasteiger partial charge in [-0.3, -0.25) is 13.9 Å². The quantitative estimate of drug-likeness (QED) is 0.233. The summed E-state index contributed by atoms with van der Waals surface area (Å²) in [6.07, 6.45) is 2.27. The number of amides is 2. The van der Waals surface area contributed by atoms with E-state index in [1.165, 1.54) is 16.7 Å². The number of thioether (sulfide) groups is 1. The van der Waals surface area contributed by atoms with Crippen molar-refractivity contribution in [1.82, 2.24) is 10.2 Å². The lowest BCUT2D eigenvalue weighted by molar-refractivity contribution is -0.141. The molecule has 0 aliphatic carbocycles. The Morgan fingerprint density at radius 1 is 0.977 bits per heavy atom. The molecule has 0 spiro atoms. The highest BCUT2D eigenvalue weighted by Crippen LogP contribution is 2.28. The van der Waals surface area contributed by atoms with Gasteiger partial charge in [0.15, 0.2) is 0 Å². The molecule has 43 heavy (non-hydrogen) atoms. The molecule has 1 N–H and O–H groups in total. The van der Waals surface area contributed by atoms with E-state index in [9.17, 15) is 18.0 Å². The number of nitrogens with zero attached hydrogens (tertiary/aromatic N) is 2. The van der Waals surface area contributed by atoms with Crippen molar-refractivity contribution in [2.45, 2.75) is 75.9 Å². The van der Waals surface area contributed by atoms with E-state index in [0.717, 1.165) is 20.3 Å². The van der Waals surface area contributed by atoms with Gasteiger partial charge in [0.1, 0.15) is 18.3 Å². The minimum Gasteiger partial charge on any atom is -0.494 e. The minimum atomic E-state index is -4.16. The summed E-state index contributed by atoms with van der Waals surface area (Å²) in [5, 5.41) is 2.99. The fourth-order valence-corrected chi connectivity index (χ4v) is 6.48. The fraction of sp³-hybridized carbons (Fsp3) is 0.394. The van der Waals surface area contributed by atoms with Crippen molar-refractivity contribution in [2.24, 2.45) is 0 Å². The molecule has 0 fully saturated rings. The van der Waals surface area contributed by atoms with Gasteiger partial charge >= 0.3 is 0 Å². The van der Waals surface area contributed by atoms with Gasteiger partial charge in [0, 0.05) is 17.0 Å². The number of hydrogen-bond donors (Lipinski definition) is 1. The van der Waals surface area contributed by atoms with Gasteiger partial charge in [-0.15, -0.1) is 11.8 Å². The smallest absolute Gasteiger partial charge is 0.264 e. The third-order valence-electron chi connectivity index (χ3n) is 6.68. The Morgan fingerprint density at radius 2 is 1.63 bits per heavy atom. The number of sulfonamides is 1. The predicted octanol–water partition coefficient (Wildman–Crippen LogP) is 6.03. The van der Waals surface area contributed by atoms with Crippen LogP contribution < -0.4 is 14.4 Å². The molecule has 0 heterocycles. The maximum absolute atomic E-state index is 14.2. The van der Waals surface area contributed by atoms with E-state index in [1.807, 2.05) is 72.1 Å². The number of carbonyl (C=O) groups excluding carboxylic acids is 2. The summed E-state index contributed by atoms with van der Waals surface area (Å²) in [5.74, 6) is -0.194. The summed E-state index contributed by atoms with van der Waals surface area (Å²) in [7, 11) is -4.16. The van der Waals surface area contributed by atoms with E-state index in [-0.39, 0.29) is 17.3 Å². The van der Waals surface area contributed by atoms with Crippen molar-refractivity contribution in [3.8, 4) is 5.75 Å². The van der Waals surface area contributed by atoms with Crippen LogP contribution in [0.15, 0.2) is 82.6 Å². The molecule has 0 aliphatic heterocycles. The molecule has 232 valence electrons. The van der Waals surface area contributed by atoms with Crippen LogP contribution in [0.3, 0.4) is 0 Å². The van der Waals surface area contributed by atoms with Gasteiger partial charge < -0.3 is 15.0 Å². The van der Waals surface area contributed by atoms with Crippen LogP contribution in [0.25, 0.3) is 0 Å². The molecule has 3 aromatic carbocycles. The van der Waals surface area contributed by atoms with Crippen molar-refractivity contribution in [3.05, 3.63) is 83.9 Å². The first kappa shape index (κ1) is 34.0. The summed E-state index contributed by atoms with van der Waals surface area (Å²) in [6.45, 7) is 11.4. The highest BCUT2D eigenvalue weighted by Gasteiger charge is 2.34. The summed E-state index contributed by atoms with van der Waals surface area (Å²) in [6, 6.07) is 20.1. The summed E-state index contributed by atoms with van der Waals surface area (Å²) in [4.78, 5) is 30.2. The van der Waals surface area contributed by atoms with E-state index in [1.54, 1.807) is 48.5 Å². The molecule has 2 amide bonds. The van der Waals surface area contributed by atoms with Crippen LogP contribution in [0.1, 0.15) is 52.2 Å². The first-order valence-electron chi connectivity index (χ1n) is 14.4. The van der Waals surface area contributed by atoms with Crippen LogP contribution >= 0.6 is 11.8 Å². The Hall–Kier alpha value is -3.50. The van der Waals surface area contributed by atoms with Crippen LogP contribution in [0, 0.1) is 6.92 Å². The number of benzene rings is 3. The first-order chi connectivity index (χ1) is 20.3. The van der Waals surface area contributed by atoms with Crippen molar-refractivity contribution < 1.29 is 22.7 Å². The Morgan fingerprint density at radius 3 is 2.16 bits per heavy atom. The maximum Gasteiger partial charge on any atom is 0.264 e. The van der Waals surface area contributed by atoms with E-state index in [4.69, 9.17) is 4.74 Å². The largest absolute Gasteiger partial charge is 0.494 e. The van der Waals surface area contributed by atoms with E-state index in [2.05, 4.69) is 5.32 Å². The molecule has 3 rings (SSSR count). The second-order valence-corrected chi connectivity index (χ2v) is 14.0. The van der Waals surface area contributed by atoms with Crippen LogP contribution in [-0.4, -0.2) is 56.1 Å². The highest BCUT2D eigenvalue weighted by atomic mass is 32.2. The van der Waals surface area contributed by atoms with E-state index >= 15 is 0 Å². The van der Waals surface area contributed by atoms with Crippen LogP contribution in [0.4, 0.5) is 5.69 Å². The molecule has 0 saturated carbocycles. The van der Waals surface area contributed by atoms with Crippen LogP contribution in [0.5, 0.6) is 5.75 Å². The zero-order valence-electron chi connectivity index (χ0n) is 26.1. The number of carbonyl (C=O) groups is 2. The van der Waals surface area contributed by atoms with E-state index < -0.39 is 34.1 Å². The third kappa shape index (κ3) is 9.24. The lowest BCUT2D eigenvalue weighted by Gasteiger charge is -2.35. The number of rotatable bonds is 13. The molecule has 10 heteroatoms. The van der Waals surface area contributed by atoms with Gasteiger partial charge in [0.05, 0.1) is 17.2 Å². The van der Waals surface area contributed by atoms with Crippen molar-refractivity contribution >= 4 is 39.3 Å². The Labute approximate surface area is 260 Å². The second-order valence-electron chi connectivity index (χ2n) is 11.3. The lowest BCUT2D eigenvalue weighted by Crippen LogP contribution is -2.55. The zero-order valence-corrected chi connectivity index (χ0v) is 27.7. The first-order valence-corrected chi connectivity index (χ1v) is 17.0. The molecule has 0 radical (unpaired) electrons. The van der Waals surface area contributed by atoms with Crippen molar-refractivity contribution in [1.29, 1.82) is 0 Å². The topological polar surface area (TPSA) is 96.0 Å². The molecule has 0 saturated heterocycles. The van der Waals surface area contributed by atoms with Gasteiger partial charge in [-0.25, -0.2) is 8.42 Å². The molecule has 8 nitrogen and oxygen atoms in total. The molecule has 0 aromatic heterocycles. The fourth-order valence-electron chi connectivity index (χ4n) is 4.66. The number of ether oxygens (including phenoxy) is 1. The molecule has 1 atom stereocenters. The second kappa shape index (κ2) is 14.8. The monoisotopic (exact) mass is 625 g/mol. The summed E-state index contributed by atoms with van der Waals surface area (Å²) >= 11 is 1.51. The Balaban J connectivity index is 2.08. The lowest BCUT2D eigenvalue weighted by atomic mass is 10.0. The van der Waals surface area contributed by atoms with Crippen LogP contribution in [-0.2, 0) is 26.2 Å². The number of nitrogens with one attached hydrogen (secondary N) is 1. The van der Waals surface area contributed by atoms with Crippen molar-refractivity contribution in [2.75, 3.05) is 23.7 Å². The normalized spacial score (nSPS) is 12.3. The van der Waals surface area contributed by atoms with Gasteiger partial charge in [-0.1, -0.05) is 36.8 Å². The molecule has 0 aliphatic rings. The van der Waals surface area contributed by atoms with E-state index in [0.29, 0.717) is 24.5 Å². The Bertz CT molecular complexity index is 1480. The average Bonchev–Trinajstić information content (AvgIpc) is 2.95. The zero-order chi connectivity index (χ0) is 31.8. The molecular weight excluding hydrogens is 583 g/mol. The average molecular weight is 626 g/mol. The number of anilines is 1. The number of aryl methyl sites for hydroxylation is 1. The van der Waals surface area contributed by atoms with Crippen LogP contribution in [0.2, 0.25) is 0 Å². The van der Waals surface area contributed by atoms with Gasteiger partial charge in [-0.05, 0) is 101 Å². The van der Waals surface area contributed by atoms with Gasteiger partial charge in [0.25, 0.3) is 10.0 Å².